The molecule has 0 saturated carbocycles. The molecule has 0 aliphatic rings. The highest BCUT2D eigenvalue weighted by atomic mass is 35.5. The fourth-order valence-electron chi connectivity index (χ4n) is 2.75. The number of anilines is 2. The summed E-state index contributed by atoms with van der Waals surface area (Å²) in [6.45, 7) is 5.97. The van der Waals surface area contributed by atoms with Crippen molar-refractivity contribution in [2.75, 3.05) is 5.32 Å². The van der Waals surface area contributed by atoms with Crippen LogP contribution >= 0.6 is 11.6 Å². The molecule has 0 amide bonds. The van der Waals surface area contributed by atoms with Crippen molar-refractivity contribution in [2.45, 2.75) is 39.8 Å². The third kappa shape index (κ3) is 4.43. The van der Waals surface area contributed by atoms with Crippen LogP contribution in [-0.2, 0) is 6.54 Å². The van der Waals surface area contributed by atoms with Gasteiger partial charge in [-0.15, -0.1) is 5.10 Å². The van der Waals surface area contributed by atoms with E-state index in [1.165, 1.54) is 6.07 Å². The lowest BCUT2D eigenvalue weighted by atomic mass is 10.2. The van der Waals surface area contributed by atoms with Crippen molar-refractivity contribution in [3.63, 3.8) is 0 Å². The summed E-state index contributed by atoms with van der Waals surface area (Å²) in [6.07, 6.45) is 0.0181. The van der Waals surface area contributed by atoms with Crippen molar-refractivity contribution in [2.24, 2.45) is 0 Å². The molecule has 2 N–H and O–H groups in total. The molecule has 6 nitrogen and oxygen atoms in total. The second-order valence-electron chi connectivity index (χ2n) is 6.37. The normalized spacial score (nSPS) is 12.2. The standard InChI is InChI=1S/C19H21ClFN5O/c1-4-14(27)10-26-18(13-8-11(2)22-12(3)9-13)24-19(25-26)23-16-7-5-6-15(20)17(16)21/h5-9,14,27H,4,10H2,1-3H3,(H,23,25)/t14-/m0/s1. The maximum atomic E-state index is 14.2. The summed E-state index contributed by atoms with van der Waals surface area (Å²) in [5.41, 5.74) is 2.72. The third-order valence-electron chi connectivity index (χ3n) is 4.06. The van der Waals surface area contributed by atoms with E-state index >= 15 is 0 Å². The highest BCUT2D eigenvalue weighted by molar-refractivity contribution is 6.31. The zero-order valence-electron chi connectivity index (χ0n) is 15.4. The molecule has 0 aliphatic heterocycles. The molecule has 27 heavy (non-hydrogen) atoms. The van der Waals surface area contributed by atoms with Crippen LogP contribution in [0.2, 0.25) is 5.02 Å². The highest BCUT2D eigenvalue weighted by Crippen LogP contribution is 2.26. The van der Waals surface area contributed by atoms with Crippen molar-refractivity contribution in [3.05, 3.63) is 52.6 Å². The second-order valence-corrected chi connectivity index (χ2v) is 6.78. The van der Waals surface area contributed by atoms with Crippen molar-refractivity contribution in [3.8, 4) is 11.4 Å². The Morgan fingerprint density at radius 3 is 2.59 bits per heavy atom. The minimum absolute atomic E-state index is 0.0152. The number of aromatic nitrogens is 4. The summed E-state index contributed by atoms with van der Waals surface area (Å²) in [4.78, 5) is 8.88. The average molecular weight is 390 g/mol. The maximum absolute atomic E-state index is 14.2. The second kappa shape index (κ2) is 8.02. The highest BCUT2D eigenvalue weighted by Gasteiger charge is 2.17. The number of pyridine rings is 1. The Hall–Kier alpha value is -2.51. The van der Waals surface area contributed by atoms with E-state index in [9.17, 15) is 9.50 Å². The van der Waals surface area contributed by atoms with E-state index < -0.39 is 11.9 Å². The summed E-state index contributed by atoms with van der Waals surface area (Å²) >= 11 is 5.83. The molecule has 2 heterocycles. The molecule has 3 rings (SSSR count). The van der Waals surface area contributed by atoms with E-state index in [0.29, 0.717) is 12.2 Å². The molecule has 0 radical (unpaired) electrons. The first kappa shape index (κ1) is 19.3. The Bertz CT molecular complexity index is 939. The largest absolute Gasteiger partial charge is 0.391 e. The molecule has 2 aromatic heterocycles. The van der Waals surface area contributed by atoms with Gasteiger partial charge in [-0.05, 0) is 44.5 Å². The number of hydrogen-bond acceptors (Lipinski definition) is 5. The fraction of sp³-hybridized carbons (Fsp3) is 0.316. The van der Waals surface area contributed by atoms with E-state index in [1.807, 2.05) is 32.9 Å². The first-order valence-corrected chi connectivity index (χ1v) is 9.04. The number of aryl methyl sites for hydroxylation is 2. The van der Waals surface area contributed by atoms with Gasteiger partial charge in [-0.2, -0.15) is 4.98 Å². The number of rotatable bonds is 6. The summed E-state index contributed by atoms with van der Waals surface area (Å²) in [7, 11) is 0. The molecule has 0 saturated heterocycles. The number of halogens is 2. The molecular formula is C19H21ClFN5O. The fourth-order valence-corrected chi connectivity index (χ4v) is 2.92. The third-order valence-corrected chi connectivity index (χ3v) is 4.36. The molecule has 0 bridgehead atoms. The predicted octanol–water partition coefficient (Wildman–Crippen LogP) is 4.26. The van der Waals surface area contributed by atoms with Gasteiger partial charge in [-0.25, -0.2) is 9.07 Å². The van der Waals surface area contributed by atoms with Crippen LogP contribution in [0.1, 0.15) is 24.7 Å². The van der Waals surface area contributed by atoms with E-state index in [0.717, 1.165) is 17.0 Å². The lowest BCUT2D eigenvalue weighted by Crippen LogP contribution is -2.17. The monoisotopic (exact) mass is 389 g/mol. The Morgan fingerprint density at radius 2 is 1.93 bits per heavy atom. The molecule has 142 valence electrons. The first-order chi connectivity index (χ1) is 12.9. The van der Waals surface area contributed by atoms with E-state index in [4.69, 9.17) is 11.6 Å². The van der Waals surface area contributed by atoms with Crippen molar-refractivity contribution >= 4 is 23.2 Å². The van der Waals surface area contributed by atoms with Crippen LogP contribution in [0.15, 0.2) is 30.3 Å². The van der Waals surface area contributed by atoms with Crippen LogP contribution in [-0.4, -0.2) is 31.0 Å². The Labute approximate surface area is 162 Å². The molecule has 0 spiro atoms. The Kier molecular flexibility index (Phi) is 5.72. The average Bonchev–Trinajstić information content (AvgIpc) is 3.00. The van der Waals surface area contributed by atoms with Gasteiger partial charge in [0, 0.05) is 17.0 Å². The molecular weight excluding hydrogens is 369 g/mol. The lowest BCUT2D eigenvalue weighted by Gasteiger charge is -2.10. The predicted molar refractivity (Wildman–Crippen MR) is 104 cm³/mol. The number of nitrogens with one attached hydrogen (secondary N) is 1. The molecule has 1 atom stereocenters. The summed E-state index contributed by atoms with van der Waals surface area (Å²) in [6, 6.07) is 8.47. The number of nitrogens with zero attached hydrogens (tertiary/aromatic N) is 4. The maximum Gasteiger partial charge on any atom is 0.247 e. The van der Waals surface area contributed by atoms with Gasteiger partial charge < -0.3 is 10.4 Å². The molecule has 1 aromatic carbocycles. The zero-order chi connectivity index (χ0) is 19.6. The topological polar surface area (TPSA) is 75.9 Å². The van der Waals surface area contributed by atoms with Crippen LogP contribution in [0.4, 0.5) is 16.0 Å². The smallest absolute Gasteiger partial charge is 0.247 e. The van der Waals surface area contributed by atoms with Gasteiger partial charge >= 0.3 is 0 Å². The first-order valence-electron chi connectivity index (χ1n) is 8.67. The van der Waals surface area contributed by atoms with Gasteiger partial charge in [0.1, 0.15) is 0 Å². The number of hydrogen-bond donors (Lipinski definition) is 2. The SMILES string of the molecule is CC[C@H](O)Cn1nc(Nc2cccc(Cl)c2F)nc1-c1cc(C)nc(C)c1. The summed E-state index contributed by atoms with van der Waals surface area (Å²) in [5, 5.41) is 17.4. The molecule has 0 fully saturated rings. The van der Waals surface area contributed by atoms with Crippen LogP contribution in [0, 0.1) is 19.7 Å². The van der Waals surface area contributed by atoms with Crippen molar-refractivity contribution in [1.82, 2.24) is 19.7 Å². The minimum Gasteiger partial charge on any atom is -0.391 e. The van der Waals surface area contributed by atoms with E-state index in [1.54, 1.807) is 16.8 Å². The van der Waals surface area contributed by atoms with Gasteiger partial charge in [0.2, 0.25) is 5.95 Å². The molecule has 3 aromatic rings. The van der Waals surface area contributed by atoms with Gasteiger partial charge in [-0.3, -0.25) is 4.98 Å². The van der Waals surface area contributed by atoms with E-state index in [2.05, 4.69) is 20.4 Å². The Balaban J connectivity index is 2.02. The van der Waals surface area contributed by atoms with E-state index in [-0.39, 0.29) is 23.2 Å². The quantitative estimate of drug-likeness (QED) is 0.658. The van der Waals surface area contributed by atoms with Gasteiger partial charge in [0.15, 0.2) is 11.6 Å². The van der Waals surface area contributed by atoms with Gasteiger partial charge in [0.25, 0.3) is 0 Å². The van der Waals surface area contributed by atoms with Crippen LogP contribution in [0.25, 0.3) is 11.4 Å². The van der Waals surface area contributed by atoms with Gasteiger partial charge in [-0.1, -0.05) is 24.6 Å². The number of aliphatic hydroxyl groups excluding tert-OH is 1. The van der Waals surface area contributed by atoms with Gasteiger partial charge in [0.05, 0.1) is 23.4 Å². The molecule has 0 aliphatic carbocycles. The van der Waals surface area contributed by atoms with Crippen LogP contribution in [0.5, 0.6) is 0 Å². The number of aliphatic hydroxyl groups is 1. The zero-order valence-corrected chi connectivity index (χ0v) is 16.1. The summed E-state index contributed by atoms with van der Waals surface area (Å²) in [5.74, 6) is 0.226. The van der Waals surface area contributed by atoms with Crippen molar-refractivity contribution in [1.29, 1.82) is 0 Å². The van der Waals surface area contributed by atoms with Crippen LogP contribution in [0.3, 0.4) is 0 Å². The minimum atomic E-state index is -0.568. The molecule has 8 heteroatoms. The lowest BCUT2D eigenvalue weighted by molar-refractivity contribution is 0.146. The van der Waals surface area contributed by atoms with Crippen molar-refractivity contribution < 1.29 is 9.50 Å². The Morgan fingerprint density at radius 1 is 1.22 bits per heavy atom. The molecule has 0 unspecified atom stereocenters. The number of benzene rings is 1. The van der Waals surface area contributed by atoms with Crippen LogP contribution < -0.4 is 5.32 Å². The summed E-state index contributed by atoms with van der Waals surface area (Å²) < 4.78 is 15.8.